The number of nitrogens with one attached hydrogen (secondary N) is 1. The fourth-order valence-electron chi connectivity index (χ4n) is 2.87. The van der Waals surface area contributed by atoms with E-state index in [9.17, 15) is 38.4 Å². The Morgan fingerprint density at radius 2 is 1.44 bits per heavy atom. The van der Waals surface area contributed by atoms with Gasteiger partial charge in [0.1, 0.15) is 4.90 Å². The minimum Gasteiger partial charge on any atom is -0.451 e. The second-order valence-electron chi connectivity index (χ2n) is 6.87. The molecule has 0 aliphatic carbocycles. The van der Waals surface area contributed by atoms with Crippen molar-refractivity contribution in [2.75, 3.05) is 0 Å². The molecule has 0 spiro atoms. The van der Waals surface area contributed by atoms with Gasteiger partial charge in [-0.3, -0.25) is 0 Å². The topological polar surface area (TPSA) is 128 Å². The van der Waals surface area contributed by atoms with Crippen molar-refractivity contribution in [2.24, 2.45) is 0 Å². The Morgan fingerprint density at radius 1 is 0.853 bits per heavy atom. The number of hydrogen-bond donors (Lipinski definition) is 1. The van der Waals surface area contributed by atoms with Crippen LogP contribution in [0.3, 0.4) is 0 Å². The van der Waals surface area contributed by atoms with Gasteiger partial charge in [-0.15, -0.1) is 0 Å². The van der Waals surface area contributed by atoms with E-state index in [2.05, 4.69) is 0 Å². The highest BCUT2D eigenvalue weighted by Gasteiger charge is 2.46. The predicted molar refractivity (Wildman–Crippen MR) is 114 cm³/mol. The summed E-state index contributed by atoms with van der Waals surface area (Å²) in [5.41, 5.74) is -5.49. The van der Waals surface area contributed by atoms with Gasteiger partial charge >= 0.3 is 15.5 Å². The van der Waals surface area contributed by atoms with E-state index in [0.717, 1.165) is 43.5 Å². The number of hydrogen-bond acceptors (Lipinski definition) is 7. The van der Waals surface area contributed by atoms with Gasteiger partial charge < -0.3 is 4.42 Å². The van der Waals surface area contributed by atoms with Crippen molar-refractivity contribution in [2.45, 2.75) is 38.3 Å². The number of sulfone groups is 2. The monoisotopic (exact) mass is 557 g/mol. The minimum atomic E-state index is -5.63. The zero-order valence-corrected chi connectivity index (χ0v) is 20.2. The van der Waals surface area contributed by atoms with Crippen LogP contribution in [0.5, 0.6) is 0 Å². The summed E-state index contributed by atoms with van der Waals surface area (Å²) in [6.45, 7) is 1.14. The summed E-state index contributed by atoms with van der Waals surface area (Å²) in [6, 6.07) is 9.15. The van der Waals surface area contributed by atoms with Gasteiger partial charge in [-0.1, -0.05) is 35.9 Å². The van der Waals surface area contributed by atoms with Crippen LogP contribution >= 0.6 is 11.6 Å². The normalized spacial score (nSPS) is 14.1. The second-order valence-corrected chi connectivity index (χ2v) is 12.7. The third-order valence-electron chi connectivity index (χ3n) is 4.58. The lowest BCUT2D eigenvalue weighted by Gasteiger charge is -2.16. The lowest BCUT2D eigenvalue weighted by atomic mass is 10.1. The lowest BCUT2D eigenvalue weighted by Crippen LogP contribution is -2.37. The lowest BCUT2D eigenvalue weighted by molar-refractivity contribution is -0.0450. The number of rotatable bonds is 7. The molecule has 0 amide bonds. The molecule has 0 radical (unpaired) electrons. The molecule has 0 aliphatic rings. The molecule has 3 aromatic rings. The SMILES string of the molecule is CC(NS(=O)(=O)C(F)(F)F)c1ccc(S(=O)(=O)c2ccoc2S(=O)(=O)c2ccccc2Cl)cc1. The molecule has 34 heavy (non-hydrogen) atoms. The number of benzene rings is 2. The van der Waals surface area contributed by atoms with E-state index < -0.39 is 56.1 Å². The molecule has 0 saturated carbocycles. The fraction of sp³-hybridized carbons (Fsp3) is 0.158. The van der Waals surface area contributed by atoms with Crippen molar-refractivity contribution < 1.29 is 42.8 Å². The van der Waals surface area contributed by atoms with Gasteiger partial charge in [0.05, 0.1) is 21.1 Å². The number of furan rings is 1. The second kappa shape index (κ2) is 9.00. The first-order valence-corrected chi connectivity index (χ1v) is 13.9. The summed E-state index contributed by atoms with van der Waals surface area (Å²) < 4.78 is 119. The van der Waals surface area contributed by atoms with Crippen LogP contribution in [0.25, 0.3) is 0 Å². The summed E-state index contributed by atoms with van der Waals surface area (Å²) in [5.74, 6) is 0. The number of alkyl halides is 3. The van der Waals surface area contributed by atoms with Crippen molar-refractivity contribution in [3.63, 3.8) is 0 Å². The van der Waals surface area contributed by atoms with E-state index in [0.29, 0.717) is 0 Å². The summed E-state index contributed by atoms with van der Waals surface area (Å²) in [4.78, 5) is -1.45. The molecule has 1 unspecified atom stereocenters. The van der Waals surface area contributed by atoms with Crippen LogP contribution in [0.1, 0.15) is 18.5 Å². The fourth-order valence-corrected chi connectivity index (χ4v) is 7.25. The standard InChI is InChI=1S/C19H15ClF3NO7S3/c1-12(24-34(29,30)19(21,22)23)13-6-8-14(9-7-13)32(25,26)17-10-11-31-18(17)33(27,28)16-5-3-2-4-15(16)20/h2-12,24H,1H3. The molecule has 0 fully saturated rings. The van der Waals surface area contributed by atoms with Gasteiger partial charge in [0.2, 0.25) is 24.8 Å². The van der Waals surface area contributed by atoms with Crippen LogP contribution < -0.4 is 4.72 Å². The average molecular weight is 558 g/mol. The summed E-state index contributed by atoms with van der Waals surface area (Å²) in [7, 11) is -14.6. The van der Waals surface area contributed by atoms with E-state index in [1.54, 1.807) is 0 Å². The largest absolute Gasteiger partial charge is 0.511 e. The molecule has 184 valence electrons. The maximum Gasteiger partial charge on any atom is 0.511 e. The summed E-state index contributed by atoms with van der Waals surface area (Å²) >= 11 is 5.94. The van der Waals surface area contributed by atoms with Crippen LogP contribution in [0.15, 0.2) is 85.1 Å². The minimum absolute atomic E-state index is 0.0304. The highest BCUT2D eigenvalue weighted by Crippen LogP contribution is 2.35. The van der Waals surface area contributed by atoms with Gasteiger partial charge in [-0.05, 0) is 42.8 Å². The van der Waals surface area contributed by atoms with Crippen molar-refractivity contribution in [3.8, 4) is 0 Å². The first-order chi connectivity index (χ1) is 15.6. The van der Waals surface area contributed by atoms with Crippen molar-refractivity contribution in [3.05, 3.63) is 71.4 Å². The number of halogens is 4. The first-order valence-electron chi connectivity index (χ1n) is 9.10. The summed E-state index contributed by atoms with van der Waals surface area (Å²) in [5, 5.41) is -1.02. The van der Waals surface area contributed by atoms with Gasteiger partial charge in [0, 0.05) is 6.04 Å². The first kappa shape index (κ1) is 26.2. The molecule has 1 aromatic heterocycles. The van der Waals surface area contributed by atoms with E-state index in [-0.39, 0.29) is 15.5 Å². The smallest absolute Gasteiger partial charge is 0.451 e. The third kappa shape index (κ3) is 4.86. The van der Waals surface area contributed by atoms with Gasteiger partial charge in [-0.2, -0.15) is 13.2 Å². The molecular formula is C19H15ClF3NO7S3. The predicted octanol–water partition coefficient (Wildman–Crippen LogP) is 4.10. The van der Waals surface area contributed by atoms with Crippen molar-refractivity contribution >= 4 is 41.3 Å². The highest BCUT2D eigenvalue weighted by atomic mass is 35.5. The van der Waals surface area contributed by atoms with E-state index in [4.69, 9.17) is 16.0 Å². The molecule has 1 heterocycles. The Morgan fingerprint density at radius 3 is 2.00 bits per heavy atom. The quantitative estimate of drug-likeness (QED) is 0.463. The number of sulfonamides is 1. The van der Waals surface area contributed by atoms with Crippen LogP contribution in [-0.4, -0.2) is 30.8 Å². The van der Waals surface area contributed by atoms with Crippen LogP contribution in [0.2, 0.25) is 5.02 Å². The molecule has 3 rings (SSSR count). The average Bonchev–Trinajstić information content (AvgIpc) is 3.25. The Kier molecular flexibility index (Phi) is 6.94. The highest BCUT2D eigenvalue weighted by molar-refractivity contribution is 7.94. The van der Waals surface area contributed by atoms with Gasteiger partial charge in [0.15, 0.2) is 0 Å². The van der Waals surface area contributed by atoms with Crippen LogP contribution in [0.4, 0.5) is 13.2 Å². The third-order valence-corrected chi connectivity index (χ3v) is 9.96. The Balaban J connectivity index is 1.97. The Bertz CT molecular complexity index is 1530. The van der Waals surface area contributed by atoms with Crippen molar-refractivity contribution in [1.82, 2.24) is 4.72 Å². The van der Waals surface area contributed by atoms with E-state index >= 15 is 0 Å². The molecule has 1 N–H and O–H groups in total. The molecule has 0 bridgehead atoms. The van der Waals surface area contributed by atoms with Gasteiger partial charge in [0.25, 0.3) is 0 Å². The van der Waals surface area contributed by atoms with Gasteiger partial charge in [-0.25, -0.2) is 30.0 Å². The molecule has 15 heteroatoms. The molecule has 8 nitrogen and oxygen atoms in total. The Labute approximate surface area is 198 Å². The Hall–Kier alpha value is -2.39. The maximum atomic E-state index is 13.1. The maximum absolute atomic E-state index is 13.1. The van der Waals surface area contributed by atoms with Crippen LogP contribution in [0, 0.1) is 0 Å². The molecule has 1 atom stereocenters. The molecular weight excluding hydrogens is 543 g/mol. The molecule has 2 aromatic carbocycles. The van der Waals surface area contributed by atoms with Crippen molar-refractivity contribution in [1.29, 1.82) is 0 Å². The molecule has 0 aliphatic heterocycles. The van der Waals surface area contributed by atoms with Crippen LogP contribution in [-0.2, 0) is 29.7 Å². The molecule has 0 saturated heterocycles. The summed E-state index contributed by atoms with van der Waals surface area (Å²) in [6.07, 6.45) is 0.874. The zero-order valence-electron chi connectivity index (χ0n) is 16.9. The zero-order chi connectivity index (χ0) is 25.5. The van der Waals surface area contributed by atoms with E-state index in [1.807, 2.05) is 0 Å². The van der Waals surface area contributed by atoms with E-state index in [1.165, 1.54) is 29.0 Å².